The van der Waals surface area contributed by atoms with E-state index in [1.54, 1.807) is 12.3 Å². The SMILES string of the molecule is Cc1ccc(CNc2cc(C(=O)N3CCCc4ccccc43)ccn2)cc1. The van der Waals surface area contributed by atoms with Crippen molar-refractivity contribution in [3.05, 3.63) is 89.1 Å². The van der Waals surface area contributed by atoms with Gasteiger partial charge < -0.3 is 10.2 Å². The molecule has 4 heteroatoms. The first-order valence-corrected chi connectivity index (χ1v) is 9.36. The Balaban J connectivity index is 1.51. The molecule has 4 rings (SSSR count). The zero-order chi connectivity index (χ0) is 18.6. The first-order chi connectivity index (χ1) is 13.2. The fourth-order valence-electron chi connectivity index (χ4n) is 3.46. The average molecular weight is 357 g/mol. The molecule has 27 heavy (non-hydrogen) atoms. The summed E-state index contributed by atoms with van der Waals surface area (Å²) in [4.78, 5) is 19.3. The third kappa shape index (κ3) is 3.85. The second-order valence-electron chi connectivity index (χ2n) is 6.96. The lowest BCUT2D eigenvalue weighted by molar-refractivity contribution is 0.0985. The highest BCUT2D eigenvalue weighted by Gasteiger charge is 2.23. The Morgan fingerprint density at radius 3 is 2.78 bits per heavy atom. The van der Waals surface area contributed by atoms with Gasteiger partial charge in [-0.2, -0.15) is 0 Å². The molecule has 0 unspecified atom stereocenters. The molecule has 0 fully saturated rings. The van der Waals surface area contributed by atoms with E-state index in [-0.39, 0.29) is 5.91 Å². The van der Waals surface area contributed by atoms with Crippen molar-refractivity contribution in [2.45, 2.75) is 26.3 Å². The lowest BCUT2D eigenvalue weighted by Crippen LogP contribution is -2.35. The van der Waals surface area contributed by atoms with E-state index in [0.29, 0.717) is 17.9 Å². The number of benzene rings is 2. The molecule has 1 N–H and O–H groups in total. The first kappa shape index (κ1) is 17.3. The summed E-state index contributed by atoms with van der Waals surface area (Å²) < 4.78 is 0. The van der Waals surface area contributed by atoms with Crippen LogP contribution in [-0.4, -0.2) is 17.4 Å². The topological polar surface area (TPSA) is 45.2 Å². The zero-order valence-corrected chi connectivity index (χ0v) is 15.5. The highest BCUT2D eigenvalue weighted by molar-refractivity contribution is 6.07. The molecule has 1 aliphatic heterocycles. The molecule has 0 spiro atoms. The number of carbonyl (C=O) groups excluding carboxylic acids is 1. The number of amides is 1. The smallest absolute Gasteiger partial charge is 0.258 e. The number of pyridine rings is 1. The number of para-hydroxylation sites is 1. The van der Waals surface area contributed by atoms with Crippen LogP contribution in [0.25, 0.3) is 0 Å². The number of carbonyl (C=O) groups is 1. The molecule has 0 aliphatic carbocycles. The standard InChI is InChI=1S/C23H23N3O/c1-17-8-10-18(11-9-17)16-25-22-15-20(12-13-24-22)23(27)26-14-4-6-19-5-2-3-7-21(19)26/h2-3,5,7-13,15H,4,6,14,16H2,1H3,(H,24,25). The maximum atomic E-state index is 13.1. The quantitative estimate of drug-likeness (QED) is 0.742. The van der Waals surface area contributed by atoms with E-state index in [9.17, 15) is 4.79 Å². The van der Waals surface area contributed by atoms with Crippen molar-refractivity contribution in [3.63, 3.8) is 0 Å². The summed E-state index contributed by atoms with van der Waals surface area (Å²) >= 11 is 0. The summed E-state index contributed by atoms with van der Waals surface area (Å²) in [5.74, 6) is 0.745. The third-order valence-electron chi connectivity index (χ3n) is 4.96. The van der Waals surface area contributed by atoms with E-state index in [1.165, 1.54) is 16.7 Å². The molecular formula is C23H23N3O. The largest absolute Gasteiger partial charge is 0.366 e. The first-order valence-electron chi connectivity index (χ1n) is 9.36. The number of anilines is 2. The molecule has 0 atom stereocenters. The Kier molecular flexibility index (Phi) is 4.88. The van der Waals surface area contributed by atoms with Crippen LogP contribution in [0.15, 0.2) is 66.9 Å². The maximum Gasteiger partial charge on any atom is 0.258 e. The number of hydrogen-bond acceptors (Lipinski definition) is 3. The minimum Gasteiger partial charge on any atom is -0.366 e. The van der Waals surface area contributed by atoms with Gasteiger partial charge >= 0.3 is 0 Å². The summed E-state index contributed by atoms with van der Waals surface area (Å²) in [6, 6.07) is 20.2. The number of nitrogens with zero attached hydrogens (tertiary/aromatic N) is 2. The van der Waals surface area contributed by atoms with Crippen molar-refractivity contribution in [2.75, 3.05) is 16.8 Å². The van der Waals surface area contributed by atoms with Crippen molar-refractivity contribution in [1.82, 2.24) is 4.98 Å². The summed E-state index contributed by atoms with van der Waals surface area (Å²) in [5, 5.41) is 3.32. The minimum absolute atomic E-state index is 0.0305. The number of aryl methyl sites for hydroxylation is 2. The van der Waals surface area contributed by atoms with Gasteiger partial charge in [-0.1, -0.05) is 48.0 Å². The molecule has 1 aliphatic rings. The fourth-order valence-corrected chi connectivity index (χ4v) is 3.46. The molecule has 0 radical (unpaired) electrons. The number of aromatic nitrogens is 1. The highest BCUT2D eigenvalue weighted by Crippen LogP contribution is 2.28. The van der Waals surface area contributed by atoms with Crippen molar-refractivity contribution in [1.29, 1.82) is 0 Å². The van der Waals surface area contributed by atoms with Gasteiger partial charge in [-0.3, -0.25) is 4.79 Å². The lowest BCUT2D eigenvalue weighted by atomic mass is 10.0. The Hall–Kier alpha value is -3.14. The number of nitrogens with one attached hydrogen (secondary N) is 1. The summed E-state index contributed by atoms with van der Waals surface area (Å²) in [7, 11) is 0. The zero-order valence-electron chi connectivity index (χ0n) is 15.5. The monoisotopic (exact) mass is 357 g/mol. The molecule has 0 saturated heterocycles. The average Bonchev–Trinajstić information content (AvgIpc) is 2.72. The number of hydrogen-bond donors (Lipinski definition) is 1. The maximum absolute atomic E-state index is 13.1. The van der Waals surface area contributed by atoms with Crippen LogP contribution in [0.2, 0.25) is 0 Å². The molecule has 2 aromatic carbocycles. The van der Waals surface area contributed by atoms with E-state index in [0.717, 1.165) is 25.1 Å². The minimum atomic E-state index is 0.0305. The molecule has 3 aromatic rings. The van der Waals surface area contributed by atoms with Crippen LogP contribution in [0.1, 0.15) is 33.5 Å². The van der Waals surface area contributed by atoms with Crippen LogP contribution in [0.5, 0.6) is 0 Å². The summed E-state index contributed by atoms with van der Waals surface area (Å²) in [5.41, 5.74) is 5.35. The van der Waals surface area contributed by atoms with Crippen molar-refractivity contribution in [3.8, 4) is 0 Å². The fraction of sp³-hybridized carbons (Fsp3) is 0.217. The molecule has 0 saturated carbocycles. The second-order valence-corrected chi connectivity index (χ2v) is 6.96. The third-order valence-corrected chi connectivity index (χ3v) is 4.96. The van der Waals surface area contributed by atoms with Crippen LogP contribution in [0.3, 0.4) is 0 Å². The molecular weight excluding hydrogens is 334 g/mol. The Morgan fingerprint density at radius 1 is 1.11 bits per heavy atom. The second kappa shape index (κ2) is 7.62. The van der Waals surface area contributed by atoms with Gasteiger partial charge in [0.25, 0.3) is 5.91 Å². The van der Waals surface area contributed by atoms with Crippen molar-refractivity contribution in [2.24, 2.45) is 0 Å². The van der Waals surface area contributed by atoms with Gasteiger partial charge in [0.05, 0.1) is 0 Å². The molecule has 0 bridgehead atoms. The molecule has 1 amide bonds. The predicted molar refractivity (Wildman–Crippen MR) is 109 cm³/mol. The van der Waals surface area contributed by atoms with E-state index >= 15 is 0 Å². The summed E-state index contributed by atoms with van der Waals surface area (Å²) in [6.45, 7) is 3.51. The Bertz CT molecular complexity index is 950. The molecule has 1 aromatic heterocycles. The number of rotatable bonds is 4. The van der Waals surface area contributed by atoms with E-state index in [4.69, 9.17) is 0 Å². The Morgan fingerprint density at radius 2 is 1.93 bits per heavy atom. The van der Waals surface area contributed by atoms with Gasteiger partial charge in [0.2, 0.25) is 0 Å². The van der Waals surface area contributed by atoms with Gasteiger partial charge in [0.15, 0.2) is 0 Å². The van der Waals surface area contributed by atoms with Crippen LogP contribution in [-0.2, 0) is 13.0 Å². The molecule has 2 heterocycles. The van der Waals surface area contributed by atoms with Crippen LogP contribution in [0.4, 0.5) is 11.5 Å². The normalized spacial score (nSPS) is 13.1. The van der Waals surface area contributed by atoms with Gasteiger partial charge in [0.1, 0.15) is 5.82 Å². The van der Waals surface area contributed by atoms with Gasteiger partial charge in [0, 0.05) is 30.5 Å². The van der Waals surface area contributed by atoms with E-state index in [2.05, 4.69) is 47.6 Å². The van der Waals surface area contributed by atoms with E-state index < -0.39 is 0 Å². The van der Waals surface area contributed by atoms with Crippen molar-refractivity contribution < 1.29 is 4.79 Å². The molecule has 4 nitrogen and oxygen atoms in total. The Labute approximate surface area is 159 Å². The van der Waals surface area contributed by atoms with Crippen LogP contribution >= 0.6 is 0 Å². The van der Waals surface area contributed by atoms with Crippen molar-refractivity contribution >= 4 is 17.4 Å². The van der Waals surface area contributed by atoms with Gasteiger partial charge in [-0.15, -0.1) is 0 Å². The number of fused-ring (bicyclic) bond motifs is 1. The predicted octanol–water partition coefficient (Wildman–Crippen LogP) is 4.60. The van der Waals surface area contributed by atoms with Crippen LogP contribution < -0.4 is 10.2 Å². The van der Waals surface area contributed by atoms with Gasteiger partial charge in [-0.25, -0.2) is 4.98 Å². The lowest BCUT2D eigenvalue weighted by Gasteiger charge is -2.29. The van der Waals surface area contributed by atoms with E-state index in [1.807, 2.05) is 29.2 Å². The summed E-state index contributed by atoms with van der Waals surface area (Å²) in [6.07, 6.45) is 3.71. The van der Waals surface area contributed by atoms with Crippen LogP contribution in [0, 0.1) is 6.92 Å². The van der Waals surface area contributed by atoms with Gasteiger partial charge in [-0.05, 0) is 49.1 Å². The molecule has 136 valence electrons. The highest BCUT2D eigenvalue weighted by atomic mass is 16.2.